The zero-order valence-electron chi connectivity index (χ0n) is 30.0. The number of allylic oxidation sites excluding steroid dienone is 4. The van der Waals surface area contributed by atoms with Crippen LogP contribution in [-0.4, -0.2) is 46.1 Å². The second-order valence-electron chi connectivity index (χ2n) is 13.5. The second kappa shape index (κ2) is 35.7. The molecular weight excluding hydrogens is 558 g/mol. The molecule has 0 rings (SSSR count). The smallest absolute Gasteiger partial charge is 0.220 e. The van der Waals surface area contributed by atoms with Crippen molar-refractivity contribution >= 4 is 5.91 Å². The lowest BCUT2D eigenvalue weighted by molar-refractivity contribution is -0.124. The Morgan fingerprint density at radius 2 is 0.911 bits per heavy atom. The Morgan fingerprint density at radius 3 is 1.36 bits per heavy atom. The third-order valence-electron chi connectivity index (χ3n) is 9.04. The number of carbonyl (C=O) groups excluding carboxylic acids is 1. The van der Waals surface area contributed by atoms with Gasteiger partial charge in [-0.2, -0.15) is 0 Å². The molecule has 266 valence electrons. The Balaban J connectivity index is 3.71. The molecule has 45 heavy (non-hydrogen) atoms. The van der Waals surface area contributed by atoms with Gasteiger partial charge >= 0.3 is 0 Å². The molecule has 0 aromatic carbocycles. The average molecular weight is 636 g/mol. The minimum atomic E-state index is -1.16. The third kappa shape index (κ3) is 31.2. The van der Waals surface area contributed by atoms with E-state index in [0.717, 1.165) is 44.9 Å². The van der Waals surface area contributed by atoms with Gasteiger partial charge in [0.1, 0.15) is 6.10 Å². The fraction of sp³-hybridized carbons (Fsp3) is 0.875. The van der Waals surface area contributed by atoms with Crippen molar-refractivity contribution in [2.24, 2.45) is 0 Å². The quantitative estimate of drug-likeness (QED) is 0.0412. The van der Waals surface area contributed by atoms with Crippen molar-refractivity contribution in [3.05, 3.63) is 24.3 Å². The monoisotopic (exact) mass is 636 g/mol. The molecule has 4 N–H and O–H groups in total. The summed E-state index contributed by atoms with van der Waals surface area (Å²) in [6, 6.07) is -0.827. The van der Waals surface area contributed by atoms with E-state index in [1.54, 1.807) is 0 Å². The van der Waals surface area contributed by atoms with Gasteiger partial charge in [-0.15, -0.1) is 0 Å². The van der Waals surface area contributed by atoms with Crippen molar-refractivity contribution in [1.29, 1.82) is 0 Å². The summed E-state index contributed by atoms with van der Waals surface area (Å²) in [5.41, 5.74) is 0. The molecule has 3 atom stereocenters. The summed E-state index contributed by atoms with van der Waals surface area (Å²) < 4.78 is 0. The molecule has 0 saturated heterocycles. The maximum absolute atomic E-state index is 12.4. The molecule has 0 fully saturated rings. The minimum absolute atomic E-state index is 0.158. The van der Waals surface area contributed by atoms with E-state index in [2.05, 4.69) is 43.5 Å². The Bertz CT molecular complexity index is 665. The standard InChI is InChI=1S/C40H77NO4/c1-3-5-7-9-11-13-15-17-19-20-21-23-25-27-29-31-33-35-39(44)41-37(36-42)40(45)38(43)34-32-30-28-26-24-22-18-16-14-12-10-8-6-4-2/h16,18,26,28,37-38,40,42-43,45H,3-15,17,19-25,27,29-36H2,1-2H3,(H,41,44)/b18-16+,28-26+. The number of nitrogens with one attached hydrogen (secondary N) is 1. The number of rotatable bonds is 35. The number of carbonyl (C=O) groups is 1. The van der Waals surface area contributed by atoms with Crippen molar-refractivity contribution in [3.8, 4) is 0 Å². The summed E-state index contributed by atoms with van der Waals surface area (Å²) >= 11 is 0. The predicted octanol–water partition coefficient (Wildman–Crippen LogP) is 10.7. The average Bonchev–Trinajstić information content (AvgIpc) is 3.04. The number of aliphatic hydroxyl groups excluding tert-OH is 3. The van der Waals surface area contributed by atoms with Gasteiger partial charge in [0.2, 0.25) is 5.91 Å². The van der Waals surface area contributed by atoms with Gasteiger partial charge in [0.25, 0.3) is 0 Å². The van der Waals surface area contributed by atoms with E-state index in [9.17, 15) is 20.1 Å². The predicted molar refractivity (Wildman–Crippen MR) is 195 cm³/mol. The summed E-state index contributed by atoms with van der Waals surface area (Å²) in [6.07, 6.45) is 41.3. The van der Waals surface area contributed by atoms with E-state index >= 15 is 0 Å². The van der Waals surface area contributed by atoms with E-state index in [4.69, 9.17) is 0 Å². The summed E-state index contributed by atoms with van der Waals surface area (Å²) in [4.78, 5) is 12.4. The van der Waals surface area contributed by atoms with E-state index in [1.807, 2.05) is 0 Å². The van der Waals surface area contributed by atoms with Crippen molar-refractivity contribution in [1.82, 2.24) is 5.32 Å². The van der Waals surface area contributed by atoms with Crippen LogP contribution in [0, 0.1) is 0 Å². The fourth-order valence-corrected chi connectivity index (χ4v) is 5.94. The molecule has 0 aromatic heterocycles. The number of aliphatic hydroxyl groups is 3. The van der Waals surface area contributed by atoms with Crippen LogP contribution < -0.4 is 5.32 Å². The highest BCUT2D eigenvalue weighted by atomic mass is 16.3. The molecule has 3 unspecified atom stereocenters. The first-order chi connectivity index (χ1) is 22.1. The van der Waals surface area contributed by atoms with Crippen molar-refractivity contribution < 1.29 is 20.1 Å². The van der Waals surface area contributed by atoms with Crippen LogP contribution in [0.3, 0.4) is 0 Å². The minimum Gasteiger partial charge on any atom is -0.394 e. The molecular formula is C40H77NO4. The van der Waals surface area contributed by atoms with Crippen LogP contribution >= 0.6 is 0 Å². The molecule has 0 spiro atoms. The summed E-state index contributed by atoms with van der Waals surface area (Å²) in [5.74, 6) is -0.158. The van der Waals surface area contributed by atoms with Crippen LogP contribution in [-0.2, 0) is 4.79 Å². The van der Waals surface area contributed by atoms with Crippen LogP contribution in [0.1, 0.15) is 200 Å². The first-order valence-electron chi connectivity index (χ1n) is 19.6. The largest absolute Gasteiger partial charge is 0.394 e. The van der Waals surface area contributed by atoms with E-state index in [1.165, 1.54) is 128 Å². The number of hydrogen-bond acceptors (Lipinski definition) is 4. The molecule has 0 saturated carbocycles. The molecule has 0 radical (unpaired) electrons. The summed E-state index contributed by atoms with van der Waals surface area (Å²) in [5, 5.41) is 33.4. The van der Waals surface area contributed by atoms with Crippen LogP contribution in [0.25, 0.3) is 0 Å². The van der Waals surface area contributed by atoms with Gasteiger partial charge in [-0.3, -0.25) is 4.79 Å². The first kappa shape index (κ1) is 43.8. The van der Waals surface area contributed by atoms with E-state index in [0.29, 0.717) is 12.8 Å². The summed E-state index contributed by atoms with van der Waals surface area (Å²) in [6.45, 7) is 4.14. The zero-order valence-corrected chi connectivity index (χ0v) is 30.0. The van der Waals surface area contributed by atoms with Crippen LogP contribution in [0.15, 0.2) is 24.3 Å². The number of hydrogen-bond donors (Lipinski definition) is 4. The van der Waals surface area contributed by atoms with Gasteiger partial charge in [0, 0.05) is 6.42 Å². The Morgan fingerprint density at radius 1 is 0.533 bits per heavy atom. The second-order valence-corrected chi connectivity index (χ2v) is 13.5. The maximum atomic E-state index is 12.4. The Kier molecular flexibility index (Phi) is 34.8. The van der Waals surface area contributed by atoms with Gasteiger partial charge in [-0.1, -0.05) is 167 Å². The van der Waals surface area contributed by atoms with E-state index < -0.39 is 18.2 Å². The van der Waals surface area contributed by atoms with Gasteiger partial charge in [0.15, 0.2) is 0 Å². The van der Waals surface area contributed by atoms with Crippen LogP contribution in [0.5, 0.6) is 0 Å². The zero-order chi connectivity index (χ0) is 33.1. The van der Waals surface area contributed by atoms with Gasteiger partial charge in [0.05, 0.1) is 18.8 Å². The van der Waals surface area contributed by atoms with Crippen molar-refractivity contribution in [2.45, 2.75) is 218 Å². The fourth-order valence-electron chi connectivity index (χ4n) is 5.94. The lowest BCUT2D eigenvalue weighted by Crippen LogP contribution is -2.50. The van der Waals surface area contributed by atoms with Gasteiger partial charge in [-0.05, 0) is 51.4 Å². The molecule has 0 bridgehead atoms. The lowest BCUT2D eigenvalue weighted by Gasteiger charge is -2.26. The van der Waals surface area contributed by atoms with Gasteiger partial charge in [-0.25, -0.2) is 0 Å². The Labute approximate surface area is 280 Å². The number of amides is 1. The van der Waals surface area contributed by atoms with E-state index in [-0.39, 0.29) is 12.5 Å². The van der Waals surface area contributed by atoms with Crippen molar-refractivity contribution in [2.75, 3.05) is 6.61 Å². The first-order valence-corrected chi connectivity index (χ1v) is 19.6. The van der Waals surface area contributed by atoms with Gasteiger partial charge < -0.3 is 20.6 Å². The normalized spacial score (nSPS) is 14.0. The molecule has 0 aliphatic rings. The molecule has 0 aliphatic heterocycles. The SMILES string of the molecule is CCCCCCC/C=C/CC/C=C/CCCC(O)C(O)C(CO)NC(=O)CCCCCCCCCCCCCCCCCCC. The molecule has 5 nitrogen and oxygen atoms in total. The summed E-state index contributed by atoms with van der Waals surface area (Å²) in [7, 11) is 0. The highest BCUT2D eigenvalue weighted by Gasteiger charge is 2.26. The third-order valence-corrected chi connectivity index (χ3v) is 9.04. The van der Waals surface area contributed by atoms with Crippen LogP contribution in [0.2, 0.25) is 0 Å². The molecule has 0 aliphatic carbocycles. The topological polar surface area (TPSA) is 89.8 Å². The van der Waals surface area contributed by atoms with Crippen molar-refractivity contribution in [3.63, 3.8) is 0 Å². The van der Waals surface area contributed by atoms with Crippen LogP contribution in [0.4, 0.5) is 0 Å². The highest BCUT2D eigenvalue weighted by molar-refractivity contribution is 5.76. The Hall–Kier alpha value is -1.17. The lowest BCUT2D eigenvalue weighted by atomic mass is 10.0. The molecule has 1 amide bonds. The molecule has 0 aromatic rings. The molecule has 0 heterocycles. The number of unbranched alkanes of at least 4 members (excludes halogenated alkanes) is 23. The maximum Gasteiger partial charge on any atom is 0.220 e. The molecule has 5 heteroatoms. The highest BCUT2D eigenvalue weighted by Crippen LogP contribution is 2.15.